The molecule has 4 heteroatoms. The SMILES string of the molecule is Cc1ccc(C)c(OCC(=O)NCCCOC(C)c2ccccc2)c1. The molecule has 0 fully saturated rings. The monoisotopic (exact) mass is 341 g/mol. The molecule has 134 valence electrons. The van der Waals surface area contributed by atoms with Gasteiger partial charge in [0, 0.05) is 13.2 Å². The predicted octanol–water partition coefficient (Wildman–Crippen LogP) is 3.97. The zero-order valence-corrected chi connectivity index (χ0v) is 15.2. The summed E-state index contributed by atoms with van der Waals surface area (Å²) in [5.41, 5.74) is 3.31. The van der Waals surface area contributed by atoms with E-state index >= 15 is 0 Å². The number of ether oxygens (including phenoxy) is 2. The summed E-state index contributed by atoms with van der Waals surface area (Å²) in [6, 6.07) is 16.1. The Kier molecular flexibility index (Phi) is 7.48. The maximum absolute atomic E-state index is 11.9. The minimum absolute atomic E-state index is 0.0333. The minimum atomic E-state index is -0.114. The van der Waals surface area contributed by atoms with Crippen LogP contribution in [0.2, 0.25) is 0 Å². The van der Waals surface area contributed by atoms with Crippen LogP contribution in [0.4, 0.5) is 0 Å². The first-order valence-electron chi connectivity index (χ1n) is 8.69. The van der Waals surface area contributed by atoms with E-state index in [4.69, 9.17) is 9.47 Å². The number of nitrogens with one attached hydrogen (secondary N) is 1. The van der Waals surface area contributed by atoms with Crippen molar-refractivity contribution in [3.05, 3.63) is 65.2 Å². The highest BCUT2D eigenvalue weighted by Crippen LogP contribution is 2.19. The summed E-state index contributed by atoms with van der Waals surface area (Å²) in [5, 5.41) is 2.86. The van der Waals surface area contributed by atoms with E-state index in [1.54, 1.807) is 0 Å². The molecule has 0 saturated carbocycles. The Morgan fingerprint density at radius 2 is 1.88 bits per heavy atom. The van der Waals surface area contributed by atoms with Gasteiger partial charge in [0.1, 0.15) is 5.75 Å². The smallest absolute Gasteiger partial charge is 0.257 e. The first-order chi connectivity index (χ1) is 12.1. The van der Waals surface area contributed by atoms with Gasteiger partial charge in [-0.05, 0) is 49.9 Å². The van der Waals surface area contributed by atoms with Crippen molar-refractivity contribution in [2.45, 2.75) is 33.3 Å². The third kappa shape index (κ3) is 6.59. The standard InChI is InChI=1S/C21H27NO3/c1-16-10-11-17(2)20(14-16)25-15-21(23)22-12-7-13-24-18(3)19-8-5-4-6-9-19/h4-6,8-11,14,18H,7,12-13,15H2,1-3H3,(H,22,23). The quantitative estimate of drug-likeness (QED) is 0.702. The van der Waals surface area contributed by atoms with Crippen LogP contribution in [0.5, 0.6) is 5.75 Å². The maximum atomic E-state index is 11.9. The molecule has 0 spiro atoms. The predicted molar refractivity (Wildman–Crippen MR) is 99.8 cm³/mol. The summed E-state index contributed by atoms with van der Waals surface area (Å²) >= 11 is 0. The molecule has 0 aromatic heterocycles. The second-order valence-electron chi connectivity index (χ2n) is 6.18. The zero-order valence-electron chi connectivity index (χ0n) is 15.2. The molecule has 1 amide bonds. The molecule has 0 saturated heterocycles. The van der Waals surface area contributed by atoms with Crippen LogP contribution in [-0.4, -0.2) is 25.7 Å². The molecule has 0 heterocycles. The molecule has 25 heavy (non-hydrogen) atoms. The summed E-state index contributed by atoms with van der Waals surface area (Å²) in [4.78, 5) is 11.9. The van der Waals surface area contributed by atoms with Gasteiger partial charge >= 0.3 is 0 Å². The molecule has 1 unspecified atom stereocenters. The van der Waals surface area contributed by atoms with Gasteiger partial charge in [-0.25, -0.2) is 0 Å². The van der Waals surface area contributed by atoms with Crippen molar-refractivity contribution in [1.82, 2.24) is 5.32 Å². The van der Waals surface area contributed by atoms with Crippen LogP contribution in [0, 0.1) is 13.8 Å². The fourth-order valence-electron chi connectivity index (χ4n) is 2.44. The number of carbonyl (C=O) groups excluding carboxylic acids is 1. The summed E-state index contributed by atoms with van der Waals surface area (Å²) in [7, 11) is 0. The van der Waals surface area contributed by atoms with Crippen LogP contribution in [0.3, 0.4) is 0 Å². The van der Waals surface area contributed by atoms with Crippen molar-refractivity contribution in [3.8, 4) is 5.75 Å². The number of hydrogen-bond donors (Lipinski definition) is 1. The van der Waals surface area contributed by atoms with Gasteiger partial charge in [0.05, 0.1) is 6.10 Å². The molecule has 2 aromatic carbocycles. The summed E-state index contributed by atoms with van der Waals surface area (Å²) in [5.74, 6) is 0.646. The van der Waals surface area contributed by atoms with Gasteiger partial charge in [0.2, 0.25) is 0 Å². The van der Waals surface area contributed by atoms with Crippen molar-refractivity contribution in [2.24, 2.45) is 0 Å². The van der Waals surface area contributed by atoms with Crippen LogP contribution in [0.1, 0.15) is 36.1 Å². The molecule has 1 N–H and O–H groups in total. The third-order valence-corrected chi connectivity index (χ3v) is 3.98. The molecular formula is C21H27NO3. The topological polar surface area (TPSA) is 47.6 Å². The Morgan fingerprint density at radius 3 is 2.64 bits per heavy atom. The third-order valence-electron chi connectivity index (χ3n) is 3.98. The van der Waals surface area contributed by atoms with Crippen LogP contribution in [-0.2, 0) is 9.53 Å². The van der Waals surface area contributed by atoms with Crippen LogP contribution < -0.4 is 10.1 Å². The zero-order chi connectivity index (χ0) is 18.1. The number of benzene rings is 2. The van der Waals surface area contributed by atoms with Crippen molar-refractivity contribution in [1.29, 1.82) is 0 Å². The Morgan fingerprint density at radius 1 is 1.12 bits per heavy atom. The molecule has 0 aliphatic rings. The highest BCUT2D eigenvalue weighted by Gasteiger charge is 2.06. The first-order valence-corrected chi connectivity index (χ1v) is 8.69. The van der Waals surface area contributed by atoms with Crippen molar-refractivity contribution in [2.75, 3.05) is 19.8 Å². The van der Waals surface area contributed by atoms with E-state index < -0.39 is 0 Å². The normalized spacial score (nSPS) is 11.8. The number of aryl methyl sites for hydroxylation is 2. The molecule has 0 bridgehead atoms. The second kappa shape index (κ2) is 9.84. The number of hydrogen-bond acceptors (Lipinski definition) is 3. The van der Waals surface area contributed by atoms with Crippen molar-refractivity contribution < 1.29 is 14.3 Å². The Hall–Kier alpha value is -2.33. The van der Waals surface area contributed by atoms with Gasteiger partial charge in [-0.1, -0.05) is 42.5 Å². The van der Waals surface area contributed by atoms with Crippen molar-refractivity contribution >= 4 is 5.91 Å². The van der Waals surface area contributed by atoms with E-state index in [1.165, 1.54) is 0 Å². The Balaban J connectivity index is 1.60. The summed E-state index contributed by atoms with van der Waals surface area (Å²) < 4.78 is 11.4. The highest BCUT2D eigenvalue weighted by atomic mass is 16.5. The second-order valence-corrected chi connectivity index (χ2v) is 6.18. The molecule has 1 atom stereocenters. The number of amides is 1. The van der Waals surface area contributed by atoms with Gasteiger partial charge in [-0.2, -0.15) is 0 Å². The maximum Gasteiger partial charge on any atom is 0.257 e. The molecule has 2 aromatic rings. The van der Waals surface area contributed by atoms with E-state index in [2.05, 4.69) is 17.4 Å². The van der Waals surface area contributed by atoms with Crippen LogP contribution >= 0.6 is 0 Å². The lowest BCUT2D eigenvalue weighted by Crippen LogP contribution is -2.30. The minimum Gasteiger partial charge on any atom is -0.483 e. The largest absolute Gasteiger partial charge is 0.483 e. The molecule has 4 nitrogen and oxygen atoms in total. The van der Waals surface area contributed by atoms with E-state index in [0.717, 1.165) is 28.9 Å². The fraction of sp³-hybridized carbons (Fsp3) is 0.381. The lowest BCUT2D eigenvalue weighted by atomic mass is 10.1. The molecule has 2 rings (SSSR count). The summed E-state index contributed by atoms with van der Waals surface area (Å²) in [6.07, 6.45) is 0.830. The molecule has 0 radical (unpaired) electrons. The Bertz CT molecular complexity index is 670. The number of rotatable bonds is 9. The first kappa shape index (κ1) is 19.0. The van der Waals surface area contributed by atoms with Gasteiger partial charge < -0.3 is 14.8 Å². The van der Waals surface area contributed by atoms with Gasteiger partial charge in [0.15, 0.2) is 6.61 Å². The van der Waals surface area contributed by atoms with Crippen LogP contribution in [0.25, 0.3) is 0 Å². The summed E-state index contributed by atoms with van der Waals surface area (Å²) in [6.45, 7) is 7.23. The van der Waals surface area contributed by atoms with Crippen molar-refractivity contribution in [3.63, 3.8) is 0 Å². The van der Waals surface area contributed by atoms with Gasteiger partial charge in [-0.15, -0.1) is 0 Å². The van der Waals surface area contributed by atoms with E-state index in [0.29, 0.717) is 13.2 Å². The molecule has 0 aliphatic heterocycles. The van der Waals surface area contributed by atoms with Gasteiger partial charge in [0.25, 0.3) is 5.91 Å². The lowest BCUT2D eigenvalue weighted by molar-refractivity contribution is -0.123. The van der Waals surface area contributed by atoms with E-state index in [1.807, 2.05) is 57.2 Å². The van der Waals surface area contributed by atoms with Gasteiger partial charge in [-0.3, -0.25) is 4.79 Å². The molecule has 0 aliphatic carbocycles. The Labute approximate surface area is 150 Å². The number of carbonyl (C=O) groups is 1. The average molecular weight is 341 g/mol. The van der Waals surface area contributed by atoms with E-state index in [-0.39, 0.29) is 18.6 Å². The average Bonchev–Trinajstić information content (AvgIpc) is 2.62. The fourth-order valence-corrected chi connectivity index (χ4v) is 2.44. The van der Waals surface area contributed by atoms with E-state index in [9.17, 15) is 4.79 Å². The lowest BCUT2D eigenvalue weighted by Gasteiger charge is -2.14. The molecular weight excluding hydrogens is 314 g/mol. The van der Waals surface area contributed by atoms with Crippen LogP contribution in [0.15, 0.2) is 48.5 Å². The highest BCUT2D eigenvalue weighted by molar-refractivity contribution is 5.77.